The molecular weight excluding hydrogens is 232 g/mol. The zero-order valence-electron chi connectivity index (χ0n) is 10.5. The Morgan fingerprint density at radius 2 is 2.22 bits per heavy atom. The summed E-state index contributed by atoms with van der Waals surface area (Å²) in [6, 6.07) is 7.00. The van der Waals surface area contributed by atoms with Gasteiger partial charge in [-0.25, -0.2) is 4.79 Å². The monoisotopic (exact) mass is 248 g/mol. The number of benzene rings is 1. The van der Waals surface area contributed by atoms with E-state index in [1.807, 2.05) is 31.2 Å². The van der Waals surface area contributed by atoms with Crippen molar-refractivity contribution in [2.45, 2.75) is 26.3 Å². The van der Waals surface area contributed by atoms with Crippen molar-refractivity contribution in [1.82, 2.24) is 5.43 Å². The van der Waals surface area contributed by atoms with Crippen molar-refractivity contribution in [3.8, 4) is 0 Å². The van der Waals surface area contributed by atoms with Crippen LogP contribution in [0.15, 0.2) is 24.3 Å². The molecule has 1 aromatic rings. The Hall–Kier alpha value is -2.04. The highest BCUT2D eigenvalue weighted by Gasteiger charge is 2.37. The van der Waals surface area contributed by atoms with E-state index in [9.17, 15) is 9.59 Å². The Bertz CT molecular complexity index is 473. The van der Waals surface area contributed by atoms with Crippen LogP contribution in [0.4, 0.5) is 5.69 Å². The number of ether oxygens (including phenoxy) is 1. The molecule has 0 aliphatic carbocycles. The highest BCUT2D eigenvalue weighted by Crippen LogP contribution is 2.24. The third-order valence-corrected chi connectivity index (χ3v) is 2.87. The van der Waals surface area contributed by atoms with Crippen molar-refractivity contribution >= 4 is 17.6 Å². The maximum atomic E-state index is 11.8. The summed E-state index contributed by atoms with van der Waals surface area (Å²) >= 11 is 0. The fourth-order valence-electron chi connectivity index (χ4n) is 2.01. The normalized spacial score (nSPS) is 18.7. The predicted molar refractivity (Wildman–Crippen MR) is 66.8 cm³/mol. The molecule has 1 saturated heterocycles. The molecule has 1 aliphatic heterocycles. The van der Waals surface area contributed by atoms with Crippen molar-refractivity contribution in [2.75, 3.05) is 11.6 Å². The van der Waals surface area contributed by atoms with Crippen LogP contribution in [0, 0.1) is 6.92 Å². The van der Waals surface area contributed by atoms with Gasteiger partial charge in [0, 0.05) is 0 Å². The van der Waals surface area contributed by atoms with Gasteiger partial charge in [-0.1, -0.05) is 18.2 Å². The maximum absolute atomic E-state index is 11.8. The van der Waals surface area contributed by atoms with Gasteiger partial charge in [0.1, 0.15) is 0 Å². The van der Waals surface area contributed by atoms with Crippen LogP contribution in [-0.4, -0.2) is 24.5 Å². The lowest BCUT2D eigenvalue weighted by Crippen LogP contribution is -2.43. The number of nitrogens with one attached hydrogen (secondary N) is 1. The highest BCUT2D eigenvalue weighted by molar-refractivity contribution is 5.93. The number of hydrazine groups is 1. The molecule has 1 N–H and O–H groups in total. The lowest BCUT2D eigenvalue weighted by Gasteiger charge is -2.25. The minimum Gasteiger partial charge on any atom is -0.464 e. The smallest absolute Gasteiger partial charge is 0.331 e. The number of amides is 1. The molecule has 1 aromatic carbocycles. The Morgan fingerprint density at radius 3 is 2.89 bits per heavy atom. The van der Waals surface area contributed by atoms with Crippen LogP contribution >= 0.6 is 0 Å². The summed E-state index contributed by atoms with van der Waals surface area (Å²) in [6.07, 6.45) is 0.132. The first kappa shape index (κ1) is 12.4. The fraction of sp³-hybridized carbons (Fsp3) is 0.385. The van der Waals surface area contributed by atoms with Gasteiger partial charge in [0.05, 0.1) is 18.7 Å². The molecule has 0 bridgehead atoms. The second-order valence-electron chi connectivity index (χ2n) is 4.16. The molecule has 96 valence electrons. The molecule has 1 unspecified atom stereocenters. The minimum absolute atomic E-state index is 0.132. The van der Waals surface area contributed by atoms with Gasteiger partial charge in [-0.15, -0.1) is 0 Å². The molecule has 1 fully saturated rings. The quantitative estimate of drug-likeness (QED) is 0.816. The summed E-state index contributed by atoms with van der Waals surface area (Å²) in [4.78, 5) is 23.3. The van der Waals surface area contributed by atoms with Gasteiger partial charge < -0.3 is 4.74 Å². The number of para-hydroxylation sites is 1. The molecule has 1 atom stereocenters. The van der Waals surface area contributed by atoms with E-state index in [1.54, 1.807) is 11.9 Å². The number of hydrogen-bond donors (Lipinski definition) is 1. The van der Waals surface area contributed by atoms with Crippen molar-refractivity contribution < 1.29 is 14.3 Å². The number of rotatable bonds is 3. The Morgan fingerprint density at radius 1 is 1.50 bits per heavy atom. The van der Waals surface area contributed by atoms with E-state index >= 15 is 0 Å². The highest BCUT2D eigenvalue weighted by atomic mass is 16.5. The van der Waals surface area contributed by atoms with Crippen molar-refractivity contribution in [3.63, 3.8) is 0 Å². The molecule has 0 spiro atoms. The molecule has 0 aromatic heterocycles. The first-order chi connectivity index (χ1) is 8.63. The molecule has 0 saturated carbocycles. The average Bonchev–Trinajstić information content (AvgIpc) is 2.72. The van der Waals surface area contributed by atoms with E-state index < -0.39 is 6.04 Å². The number of anilines is 1. The second-order valence-corrected chi connectivity index (χ2v) is 4.16. The molecule has 0 radical (unpaired) electrons. The standard InChI is InChI=1S/C13H16N2O3/c1-3-18-13(17)11-8-12(16)14-15(11)10-7-5-4-6-9(10)2/h4-7,11H,3,8H2,1-2H3,(H,14,16). The van der Waals surface area contributed by atoms with Gasteiger partial charge in [-0.3, -0.25) is 15.2 Å². The number of esters is 1. The summed E-state index contributed by atoms with van der Waals surface area (Å²) < 4.78 is 4.99. The number of carbonyl (C=O) groups excluding carboxylic acids is 2. The van der Waals surface area contributed by atoms with Gasteiger partial charge in [0.2, 0.25) is 5.91 Å². The topological polar surface area (TPSA) is 58.6 Å². The average molecular weight is 248 g/mol. The van der Waals surface area contributed by atoms with Gasteiger partial charge in [0.15, 0.2) is 6.04 Å². The SMILES string of the molecule is CCOC(=O)C1CC(=O)NN1c1ccccc1C. The summed E-state index contributed by atoms with van der Waals surface area (Å²) in [5.74, 6) is -0.546. The number of aryl methyl sites for hydroxylation is 1. The van der Waals surface area contributed by atoms with Gasteiger partial charge in [-0.05, 0) is 25.5 Å². The van der Waals surface area contributed by atoms with Crippen LogP contribution in [0.25, 0.3) is 0 Å². The summed E-state index contributed by atoms with van der Waals surface area (Å²) in [5.41, 5.74) is 4.51. The van der Waals surface area contributed by atoms with Crippen LogP contribution in [0.3, 0.4) is 0 Å². The van der Waals surface area contributed by atoms with E-state index in [4.69, 9.17) is 4.74 Å². The molecule has 1 aliphatic rings. The van der Waals surface area contributed by atoms with Crippen LogP contribution in [-0.2, 0) is 14.3 Å². The first-order valence-corrected chi connectivity index (χ1v) is 5.94. The van der Waals surface area contributed by atoms with Crippen LogP contribution < -0.4 is 10.4 Å². The van der Waals surface area contributed by atoms with Crippen molar-refractivity contribution in [1.29, 1.82) is 0 Å². The van der Waals surface area contributed by atoms with Crippen LogP contribution in [0.5, 0.6) is 0 Å². The first-order valence-electron chi connectivity index (χ1n) is 5.94. The van der Waals surface area contributed by atoms with Crippen molar-refractivity contribution in [3.05, 3.63) is 29.8 Å². The number of carbonyl (C=O) groups is 2. The zero-order valence-corrected chi connectivity index (χ0v) is 10.5. The lowest BCUT2D eigenvalue weighted by molar-refractivity contribution is -0.144. The van der Waals surface area contributed by atoms with E-state index in [0.717, 1.165) is 11.3 Å². The number of hydrogen-bond acceptors (Lipinski definition) is 4. The zero-order chi connectivity index (χ0) is 13.1. The summed E-state index contributed by atoms with van der Waals surface area (Å²) in [7, 11) is 0. The second kappa shape index (κ2) is 5.08. The Balaban J connectivity index is 2.28. The molecule has 18 heavy (non-hydrogen) atoms. The molecule has 2 rings (SSSR count). The third kappa shape index (κ3) is 2.30. The molecule has 5 nitrogen and oxygen atoms in total. The predicted octanol–water partition coefficient (Wildman–Crippen LogP) is 1.17. The van der Waals surface area contributed by atoms with Crippen LogP contribution in [0.2, 0.25) is 0 Å². The third-order valence-electron chi connectivity index (χ3n) is 2.87. The van der Waals surface area contributed by atoms with Gasteiger partial charge in [-0.2, -0.15) is 0 Å². The fourth-order valence-corrected chi connectivity index (χ4v) is 2.01. The largest absolute Gasteiger partial charge is 0.464 e. The Labute approximate surface area is 106 Å². The van der Waals surface area contributed by atoms with E-state index in [-0.39, 0.29) is 18.3 Å². The van der Waals surface area contributed by atoms with E-state index in [1.165, 1.54) is 0 Å². The van der Waals surface area contributed by atoms with E-state index in [2.05, 4.69) is 5.43 Å². The number of nitrogens with zero attached hydrogens (tertiary/aromatic N) is 1. The summed E-state index contributed by atoms with van der Waals surface area (Å²) in [5, 5.41) is 1.59. The lowest BCUT2D eigenvalue weighted by atomic mass is 10.1. The van der Waals surface area contributed by atoms with E-state index in [0.29, 0.717) is 6.61 Å². The van der Waals surface area contributed by atoms with Gasteiger partial charge in [0.25, 0.3) is 0 Å². The molecular formula is C13H16N2O3. The van der Waals surface area contributed by atoms with Crippen molar-refractivity contribution in [2.24, 2.45) is 0 Å². The van der Waals surface area contributed by atoms with Gasteiger partial charge >= 0.3 is 5.97 Å². The molecule has 5 heteroatoms. The molecule has 1 heterocycles. The summed E-state index contributed by atoms with van der Waals surface area (Å²) in [6.45, 7) is 3.99. The van der Waals surface area contributed by atoms with Crippen LogP contribution in [0.1, 0.15) is 18.9 Å². The maximum Gasteiger partial charge on any atom is 0.331 e. The molecule has 1 amide bonds. The Kier molecular flexibility index (Phi) is 3.50. The minimum atomic E-state index is -0.585.